The Morgan fingerprint density at radius 3 is 2.53 bits per heavy atom. The van der Waals surface area contributed by atoms with Crippen molar-refractivity contribution in [2.45, 2.75) is 43.5 Å². The van der Waals surface area contributed by atoms with Crippen LogP contribution in [0.25, 0.3) is 0 Å². The lowest BCUT2D eigenvalue weighted by Crippen LogP contribution is -2.36. The summed E-state index contributed by atoms with van der Waals surface area (Å²) in [5, 5.41) is 0. The summed E-state index contributed by atoms with van der Waals surface area (Å²) in [7, 11) is 1.35. The van der Waals surface area contributed by atoms with Crippen LogP contribution < -0.4 is 5.73 Å². The quantitative estimate of drug-likeness (QED) is 0.399. The summed E-state index contributed by atoms with van der Waals surface area (Å²) in [6.45, 7) is 3.80. The number of allylic oxidation sites excluding steroid dienone is 1. The number of hydrogen-bond donors (Lipinski definition) is 1. The van der Waals surface area contributed by atoms with E-state index >= 15 is 0 Å². The number of methoxy groups -OCH3 is 1. The number of thioether (sulfide) groups is 1. The van der Waals surface area contributed by atoms with E-state index in [1.807, 2.05) is 67.8 Å². The molecule has 7 heteroatoms. The van der Waals surface area contributed by atoms with Gasteiger partial charge in [-0.25, -0.2) is 4.79 Å². The average Bonchev–Trinajstić information content (AvgIpc) is 2.86. The van der Waals surface area contributed by atoms with E-state index in [4.69, 9.17) is 20.2 Å². The molecule has 34 heavy (non-hydrogen) atoms. The average molecular weight is 481 g/mol. The zero-order valence-electron chi connectivity index (χ0n) is 20.1. The molecule has 2 aromatic rings. The van der Waals surface area contributed by atoms with E-state index in [0.717, 1.165) is 16.0 Å². The second-order valence-electron chi connectivity index (χ2n) is 8.14. The molecule has 2 N–H and O–H groups in total. The number of nitrogens with zero attached hydrogens (tertiary/aromatic N) is 1. The Morgan fingerprint density at radius 2 is 1.88 bits per heavy atom. The van der Waals surface area contributed by atoms with E-state index < -0.39 is 23.8 Å². The number of aliphatic imine (C=N–C) groups is 1. The Labute approximate surface area is 205 Å². The molecule has 0 radical (unpaired) electrons. The van der Waals surface area contributed by atoms with Gasteiger partial charge in [0.2, 0.25) is 0 Å². The second kappa shape index (κ2) is 12.0. The minimum Gasteiger partial charge on any atom is -0.468 e. The van der Waals surface area contributed by atoms with Gasteiger partial charge in [-0.15, -0.1) is 11.8 Å². The van der Waals surface area contributed by atoms with Gasteiger partial charge in [0.25, 0.3) is 0 Å². The van der Waals surface area contributed by atoms with Crippen molar-refractivity contribution in [3.63, 3.8) is 0 Å². The largest absolute Gasteiger partial charge is 0.468 e. The summed E-state index contributed by atoms with van der Waals surface area (Å²) < 4.78 is 10.6. The predicted octanol–water partition coefficient (Wildman–Crippen LogP) is 5.05. The molecular formula is C27H32N2O4S. The molecule has 180 valence electrons. The van der Waals surface area contributed by atoms with Crippen LogP contribution in [0.5, 0.6) is 0 Å². The highest BCUT2D eigenvalue weighted by atomic mass is 32.2. The van der Waals surface area contributed by atoms with Gasteiger partial charge in [0, 0.05) is 22.6 Å². The van der Waals surface area contributed by atoms with Gasteiger partial charge in [-0.1, -0.05) is 42.5 Å². The van der Waals surface area contributed by atoms with Gasteiger partial charge in [0.1, 0.15) is 5.92 Å². The first-order valence-electron chi connectivity index (χ1n) is 11.4. The molecule has 0 aromatic heterocycles. The highest BCUT2D eigenvalue weighted by Crippen LogP contribution is 2.42. The molecule has 2 aromatic carbocycles. The fourth-order valence-corrected chi connectivity index (χ4v) is 4.83. The Hall–Kier alpha value is -2.90. The van der Waals surface area contributed by atoms with Crippen molar-refractivity contribution < 1.29 is 19.1 Å². The first kappa shape index (κ1) is 25.7. The molecule has 0 saturated carbocycles. The summed E-state index contributed by atoms with van der Waals surface area (Å²) >= 11 is 1.60. The summed E-state index contributed by atoms with van der Waals surface area (Å²) in [6, 6.07) is 17.5. The third kappa shape index (κ3) is 5.77. The fourth-order valence-electron chi connectivity index (χ4n) is 4.36. The third-order valence-corrected chi connectivity index (χ3v) is 6.77. The molecule has 0 amide bonds. The van der Waals surface area contributed by atoms with Gasteiger partial charge in [0.05, 0.1) is 25.0 Å². The highest BCUT2D eigenvalue weighted by molar-refractivity contribution is 7.98. The van der Waals surface area contributed by atoms with E-state index in [1.165, 1.54) is 7.11 Å². The van der Waals surface area contributed by atoms with Gasteiger partial charge in [-0.05, 0) is 56.2 Å². The lowest BCUT2D eigenvalue weighted by Gasteiger charge is -2.32. The van der Waals surface area contributed by atoms with E-state index in [0.29, 0.717) is 29.8 Å². The van der Waals surface area contributed by atoms with Crippen molar-refractivity contribution in [2.24, 2.45) is 16.6 Å². The standard InChI is InChI=1S/C27H32N2O4S/c1-5-33-27(31)25-22(15-14-21(28)18-10-7-6-8-11-18)29-17(2)23(26(30)32-3)24(25)19-12-9-13-20(16-19)34-4/h6-13,16,21,23-24H,5,14-15,28H2,1-4H3. The number of carbonyl (C=O) groups is 2. The molecule has 0 spiro atoms. The SMILES string of the molecule is CCOC(=O)C1=C(CCC(N)c2ccccc2)N=C(C)C(C(=O)OC)C1c1cccc(SC)c1. The van der Waals surface area contributed by atoms with Crippen LogP contribution in [0.3, 0.4) is 0 Å². The summed E-state index contributed by atoms with van der Waals surface area (Å²) in [6.07, 6.45) is 3.07. The van der Waals surface area contributed by atoms with Crippen molar-refractivity contribution >= 4 is 29.4 Å². The van der Waals surface area contributed by atoms with Crippen molar-refractivity contribution in [3.8, 4) is 0 Å². The van der Waals surface area contributed by atoms with Crippen LogP contribution in [-0.2, 0) is 19.1 Å². The number of carbonyl (C=O) groups excluding carboxylic acids is 2. The minimum absolute atomic E-state index is 0.204. The Morgan fingerprint density at radius 1 is 1.15 bits per heavy atom. The maximum absolute atomic E-state index is 13.3. The van der Waals surface area contributed by atoms with Gasteiger partial charge in [0.15, 0.2) is 0 Å². The summed E-state index contributed by atoms with van der Waals surface area (Å²) in [5.74, 6) is -2.16. The molecule has 3 atom stereocenters. The number of nitrogens with two attached hydrogens (primary N) is 1. The van der Waals surface area contributed by atoms with Crippen LogP contribution in [-0.4, -0.2) is 37.6 Å². The van der Waals surface area contributed by atoms with Gasteiger partial charge < -0.3 is 15.2 Å². The van der Waals surface area contributed by atoms with Crippen LogP contribution in [0.1, 0.15) is 49.8 Å². The molecule has 6 nitrogen and oxygen atoms in total. The van der Waals surface area contributed by atoms with Crippen LogP contribution in [0.2, 0.25) is 0 Å². The predicted molar refractivity (Wildman–Crippen MR) is 136 cm³/mol. The van der Waals surface area contributed by atoms with E-state index in [1.54, 1.807) is 18.7 Å². The molecular weight excluding hydrogens is 448 g/mol. The summed E-state index contributed by atoms with van der Waals surface area (Å²) in [5.41, 5.74) is 9.95. The van der Waals surface area contributed by atoms with Crippen LogP contribution in [0, 0.1) is 5.92 Å². The molecule has 0 saturated heterocycles. The first-order chi connectivity index (χ1) is 16.4. The van der Waals surface area contributed by atoms with Gasteiger partial charge in [-0.2, -0.15) is 0 Å². The smallest absolute Gasteiger partial charge is 0.336 e. The molecule has 0 bridgehead atoms. The second-order valence-corrected chi connectivity index (χ2v) is 9.02. The molecule has 0 aliphatic carbocycles. The minimum atomic E-state index is -0.715. The summed E-state index contributed by atoms with van der Waals surface area (Å²) in [4.78, 5) is 32.0. The Kier molecular flexibility index (Phi) is 9.07. The highest BCUT2D eigenvalue weighted by Gasteiger charge is 2.43. The first-order valence-corrected chi connectivity index (χ1v) is 12.6. The lowest BCUT2D eigenvalue weighted by molar-refractivity contribution is -0.144. The van der Waals surface area contributed by atoms with Gasteiger partial charge >= 0.3 is 11.9 Å². The van der Waals surface area contributed by atoms with Crippen LogP contribution in [0.4, 0.5) is 0 Å². The lowest BCUT2D eigenvalue weighted by atomic mass is 9.75. The van der Waals surface area contributed by atoms with Crippen molar-refractivity contribution in [2.75, 3.05) is 20.0 Å². The Bertz CT molecular complexity index is 1080. The van der Waals surface area contributed by atoms with E-state index in [-0.39, 0.29) is 12.6 Å². The van der Waals surface area contributed by atoms with Crippen LogP contribution >= 0.6 is 11.8 Å². The fraction of sp³-hybridized carbons (Fsp3) is 0.370. The zero-order valence-corrected chi connectivity index (χ0v) is 20.9. The van der Waals surface area contributed by atoms with Gasteiger partial charge in [-0.3, -0.25) is 9.79 Å². The topological polar surface area (TPSA) is 91.0 Å². The monoisotopic (exact) mass is 480 g/mol. The maximum Gasteiger partial charge on any atom is 0.336 e. The third-order valence-electron chi connectivity index (χ3n) is 6.04. The molecule has 0 fully saturated rings. The number of benzene rings is 2. The molecule has 3 unspecified atom stereocenters. The normalized spacial score (nSPS) is 18.8. The number of rotatable bonds is 9. The van der Waals surface area contributed by atoms with Crippen molar-refractivity contribution in [1.82, 2.24) is 0 Å². The number of esters is 2. The van der Waals surface area contributed by atoms with Crippen molar-refractivity contribution in [1.29, 1.82) is 0 Å². The molecule has 1 aliphatic rings. The van der Waals surface area contributed by atoms with E-state index in [9.17, 15) is 9.59 Å². The number of ether oxygens (including phenoxy) is 2. The molecule has 3 rings (SSSR count). The van der Waals surface area contributed by atoms with E-state index in [2.05, 4.69) is 0 Å². The molecule has 1 aliphatic heterocycles. The Balaban J connectivity index is 2.09. The zero-order chi connectivity index (χ0) is 24.7. The van der Waals surface area contributed by atoms with Crippen LogP contribution in [0.15, 0.2) is 75.8 Å². The maximum atomic E-state index is 13.3. The number of hydrogen-bond acceptors (Lipinski definition) is 7. The molecule has 1 heterocycles. The van der Waals surface area contributed by atoms with Crippen molar-refractivity contribution in [3.05, 3.63) is 77.0 Å².